The van der Waals surface area contributed by atoms with Crippen LogP contribution in [-0.4, -0.2) is 22.1 Å². The van der Waals surface area contributed by atoms with Crippen LogP contribution in [0.25, 0.3) is 11.4 Å². The average molecular weight is 281 g/mol. The molecule has 0 aliphatic heterocycles. The molecule has 0 aliphatic rings. The van der Waals surface area contributed by atoms with Gasteiger partial charge in [0.2, 0.25) is 11.7 Å². The molecule has 2 aromatic rings. The molecule has 0 saturated carbocycles. The van der Waals surface area contributed by atoms with Gasteiger partial charge in [0.1, 0.15) is 5.82 Å². The van der Waals surface area contributed by atoms with Crippen molar-refractivity contribution in [1.82, 2.24) is 10.1 Å². The number of benzene rings is 1. The number of thioether (sulfide) groups is 1. The highest BCUT2D eigenvalue weighted by molar-refractivity contribution is 7.98. The monoisotopic (exact) mass is 281 g/mol. The minimum absolute atomic E-state index is 0.255. The van der Waals surface area contributed by atoms with Crippen molar-refractivity contribution < 1.29 is 8.91 Å². The van der Waals surface area contributed by atoms with Gasteiger partial charge in [-0.15, -0.1) is 0 Å². The summed E-state index contributed by atoms with van der Waals surface area (Å²) in [6, 6.07) is 4.21. The number of nitrogens with two attached hydrogens (primary N) is 1. The van der Waals surface area contributed by atoms with Crippen LogP contribution in [0.2, 0.25) is 0 Å². The Balaban J connectivity index is 2.20. The molecule has 2 rings (SSSR count). The normalized spacial score (nSPS) is 12.6. The van der Waals surface area contributed by atoms with Crippen LogP contribution in [0, 0.1) is 12.7 Å². The van der Waals surface area contributed by atoms with Crippen LogP contribution in [0.3, 0.4) is 0 Å². The van der Waals surface area contributed by atoms with Crippen LogP contribution in [0.1, 0.15) is 23.9 Å². The zero-order valence-corrected chi connectivity index (χ0v) is 11.7. The average Bonchev–Trinajstić information content (AvgIpc) is 2.85. The number of aryl methyl sites for hydroxylation is 1. The van der Waals surface area contributed by atoms with Gasteiger partial charge in [0.05, 0.1) is 6.04 Å². The first-order valence-electron chi connectivity index (χ1n) is 5.96. The maximum atomic E-state index is 13.0. The summed E-state index contributed by atoms with van der Waals surface area (Å²) in [5.41, 5.74) is 7.49. The maximum Gasteiger partial charge on any atom is 0.243 e. The first kappa shape index (κ1) is 14.0. The predicted octanol–water partition coefficient (Wildman–Crippen LogP) is 2.94. The molecule has 0 saturated heterocycles. The standard InChI is InChI=1S/C13H16FN3OS/c1-8-7-9(14)3-4-10(8)12-16-13(18-17-12)11(15)5-6-19-2/h3-4,7,11H,5-6,15H2,1-2H3/t11-/m0/s1. The Morgan fingerprint density at radius 3 is 2.95 bits per heavy atom. The van der Waals surface area contributed by atoms with Crippen LogP contribution in [-0.2, 0) is 0 Å². The third-order valence-corrected chi connectivity index (χ3v) is 3.47. The molecule has 4 nitrogen and oxygen atoms in total. The Hall–Kier alpha value is -1.40. The van der Waals surface area contributed by atoms with Crippen molar-refractivity contribution in [3.05, 3.63) is 35.5 Å². The van der Waals surface area contributed by atoms with Gasteiger partial charge in [-0.05, 0) is 49.1 Å². The van der Waals surface area contributed by atoms with Crippen molar-refractivity contribution >= 4 is 11.8 Å². The molecule has 102 valence electrons. The molecule has 1 aromatic carbocycles. The third-order valence-electron chi connectivity index (χ3n) is 2.82. The van der Waals surface area contributed by atoms with Gasteiger partial charge >= 0.3 is 0 Å². The summed E-state index contributed by atoms with van der Waals surface area (Å²) in [6.07, 6.45) is 2.80. The second-order valence-electron chi connectivity index (χ2n) is 4.30. The molecule has 6 heteroatoms. The van der Waals surface area contributed by atoms with Crippen LogP contribution < -0.4 is 5.73 Å². The van der Waals surface area contributed by atoms with E-state index < -0.39 is 0 Å². The van der Waals surface area contributed by atoms with Crippen molar-refractivity contribution in [2.75, 3.05) is 12.0 Å². The van der Waals surface area contributed by atoms with Gasteiger partial charge in [-0.3, -0.25) is 0 Å². The largest absolute Gasteiger partial charge is 0.337 e. The van der Waals surface area contributed by atoms with Crippen LogP contribution in [0.15, 0.2) is 22.7 Å². The summed E-state index contributed by atoms with van der Waals surface area (Å²) < 4.78 is 18.2. The number of hydrogen-bond donors (Lipinski definition) is 1. The maximum absolute atomic E-state index is 13.0. The SMILES string of the molecule is CSCC[C@H](N)c1nc(-c2ccc(F)cc2C)no1. The second kappa shape index (κ2) is 6.16. The fourth-order valence-electron chi connectivity index (χ4n) is 1.74. The van der Waals surface area contributed by atoms with E-state index in [2.05, 4.69) is 10.1 Å². The predicted molar refractivity (Wildman–Crippen MR) is 74.4 cm³/mol. The summed E-state index contributed by atoms with van der Waals surface area (Å²) in [5, 5.41) is 3.91. The van der Waals surface area contributed by atoms with E-state index in [0.29, 0.717) is 11.7 Å². The Morgan fingerprint density at radius 1 is 1.47 bits per heavy atom. The summed E-state index contributed by atoms with van der Waals surface area (Å²) in [7, 11) is 0. The van der Waals surface area contributed by atoms with Gasteiger partial charge in [0.15, 0.2) is 0 Å². The van der Waals surface area contributed by atoms with Gasteiger partial charge in [0.25, 0.3) is 0 Å². The van der Waals surface area contributed by atoms with E-state index in [4.69, 9.17) is 10.3 Å². The number of halogens is 1. The Morgan fingerprint density at radius 2 is 2.26 bits per heavy atom. The van der Waals surface area contributed by atoms with Gasteiger partial charge in [0, 0.05) is 5.56 Å². The first-order chi connectivity index (χ1) is 9.11. The molecular formula is C13H16FN3OS. The second-order valence-corrected chi connectivity index (χ2v) is 5.29. The molecule has 1 atom stereocenters. The topological polar surface area (TPSA) is 64.9 Å². The van der Waals surface area contributed by atoms with Crippen molar-refractivity contribution in [3.8, 4) is 11.4 Å². The molecule has 0 spiro atoms. The first-order valence-corrected chi connectivity index (χ1v) is 7.36. The van der Waals surface area contributed by atoms with Crippen molar-refractivity contribution in [3.63, 3.8) is 0 Å². The van der Waals surface area contributed by atoms with Crippen molar-refractivity contribution in [1.29, 1.82) is 0 Å². The minimum Gasteiger partial charge on any atom is -0.337 e. The molecule has 0 aliphatic carbocycles. The van der Waals surface area contributed by atoms with Crippen LogP contribution in [0.5, 0.6) is 0 Å². The molecule has 1 heterocycles. The van der Waals surface area contributed by atoms with E-state index in [1.807, 2.05) is 13.2 Å². The number of aromatic nitrogens is 2. The quantitative estimate of drug-likeness (QED) is 0.912. The number of nitrogens with zero attached hydrogens (tertiary/aromatic N) is 2. The van der Waals surface area contributed by atoms with Gasteiger partial charge in [-0.1, -0.05) is 5.16 Å². The van der Waals surface area contributed by atoms with Crippen LogP contribution in [0.4, 0.5) is 4.39 Å². The highest BCUT2D eigenvalue weighted by Crippen LogP contribution is 2.23. The Labute approximate surface area is 115 Å². The summed E-state index contributed by atoms with van der Waals surface area (Å²) in [5.74, 6) is 1.54. The molecule has 0 bridgehead atoms. The lowest BCUT2D eigenvalue weighted by Crippen LogP contribution is -2.11. The molecule has 19 heavy (non-hydrogen) atoms. The minimum atomic E-state index is -0.276. The molecule has 0 radical (unpaired) electrons. The van der Waals surface area contributed by atoms with E-state index >= 15 is 0 Å². The molecular weight excluding hydrogens is 265 g/mol. The van der Waals surface area contributed by atoms with Crippen molar-refractivity contribution in [2.45, 2.75) is 19.4 Å². The molecule has 0 unspecified atom stereocenters. The number of rotatable bonds is 5. The van der Waals surface area contributed by atoms with E-state index in [9.17, 15) is 4.39 Å². The fraction of sp³-hybridized carbons (Fsp3) is 0.385. The highest BCUT2D eigenvalue weighted by Gasteiger charge is 2.16. The summed E-state index contributed by atoms with van der Waals surface area (Å²) >= 11 is 1.72. The van der Waals surface area contributed by atoms with Gasteiger partial charge < -0.3 is 10.3 Å². The summed E-state index contributed by atoms with van der Waals surface area (Å²) in [4.78, 5) is 4.29. The lowest BCUT2D eigenvalue weighted by atomic mass is 10.1. The van der Waals surface area contributed by atoms with Gasteiger partial charge in [-0.25, -0.2) is 4.39 Å². The highest BCUT2D eigenvalue weighted by atomic mass is 32.2. The van der Waals surface area contributed by atoms with E-state index in [1.54, 1.807) is 17.8 Å². The van der Waals surface area contributed by atoms with E-state index in [0.717, 1.165) is 23.3 Å². The Kier molecular flexibility index (Phi) is 4.55. The molecule has 0 amide bonds. The molecule has 1 aromatic heterocycles. The zero-order chi connectivity index (χ0) is 13.8. The fourth-order valence-corrected chi connectivity index (χ4v) is 2.23. The lowest BCUT2D eigenvalue weighted by Gasteiger charge is -2.04. The van der Waals surface area contributed by atoms with E-state index in [-0.39, 0.29) is 11.9 Å². The molecule has 2 N–H and O–H groups in total. The van der Waals surface area contributed by atoms with Crippen LogP contribution >= 0.6 is 11.8 Å². The third kappa shape index (κ3) is 3.33. The zero-order valence-electron chi connectivity index (χ0n) is 10.9. The summed E-state index contributed by atoms with van der Waals surface area (Å²) in [6.45, 7) is 1.81. The Bertz CT molecular complexity index is 559. The van der Waals surface area contributed by atoms with E-state index in [1.165, 1.54) is 12.1 Å². The van der Waals surface area contributed by atoms with Gasteiger partial charge in [-0.2, -0.15) is 16.7 Å². The number of hydrogen-bond acceptors (Lipinski definition) is 5. The molecule has 0 fully saturated rings. The van der Waals surface area contributed by atoms with Crippen molar-refractivity contribution in [2.24, 2.45) is 5.73 Å². The smallest absolute Gasteiger partial charge is 0.243 e. The lowest BCUT2D eigenvalue weighted by molar-refractivity contribution is 0.353.